The standard InChI is InChI=1S/C3Cl2F6/c4-2(8,9)1(6,7)3(5,10)11. The van der Waals surface area contributed by atoms with E-state index in [1.807, 2.05) is 0 Å². The molecule has 11 heavy (non-hydrogen) atoms. The number of hydrogen-bond donors (Lipinski definition) is 0. The highest BCUT2D eigenvalue weighted by molar-refractivity contribution is 6.26. The summed E-state index contributed by atoms with van der Waals surface area (Å²) in [6.45, 7) is 0. The number of halogens is 8. The molecule has 0 aliphatic heterocycles. The van der Waals surface area contributed by atoms with Crippen LogP contribution >= 0.6 is 23.2 Å². The van der Waals surface area contributed by atoms with E-state index in [4.69, 9.17) is 0 Å². The van der Waals surface area contributed by atoms with Gasteiger partial charge in [0.15, 0.2) is 0 Å². The number of alkyl halides is 8. The maximum atomic E-state index is 11.7. The van der Waals surface area contributed by atoms with E-state index in [9.17, 15) is 26.3 Å². The van der Waals surface area contributed by atoms with Crippen molar-refractivity contribution < 1.29 is 26.3 Å². The summed E-state index contributed by atoms with van der Waals surface area (Å²) in [5.74, 6) is -5.76. The van der Waals surface area contributed by atoms with E-state index >= 15 is 0 Å². The van der Waals surface area contributed by atoms with Crippen LogP contribution in [-0.2, 0) is 0 Å². The van der Waals surface area contributed by atoms with Crippen LogP contribution < -0.4 is 0 Å². The summed E-state index contributed by atoms with van der Waals surface area (Å²) in [6, 6.07) is 0. The van der Waals surface area contributed by atoms with Gasteiger partial charge in [-0.3, -0.25) is 0 Å². The molecule has 0 amide bonds. The average molecular weight is 221 g/mol. The zero-order chi connectivity index (χ0) is 9.50. The average Bonchev–Trinajstić information content (AvgIpc) is 1.58. The van der Waals surface area contributed by atoms with E-state index in [-0.39, 0.29) is 0 Å². The number of hydrogen-bond acceptors (Lipinski definition) is 0. The van der Waals surface area contributed by atoms with E-state index in [1.54, 1.807) is 0 Å². The Morgan fingerprint density at radius 1 is 0.636 bits per heavy atom. The highest BCUT2D eigenvalue weighted by Gasteiger charge is 2.70. The molecule has 0 fully saturated rings. The molecule has 68 valence electrons. The maximum absolute atomic E-state index is 11.7. The second-order valence-corrected chi connectivity index (χ2v) is 2.52. The molecular weight excluding hydrogens is 221 g/mol. The summed E-state index contributed by atoms with van der Waals surface area (Å²) in [7, 11) is 0. The summed E-state index contributed by atoms with van der Waals surface area (Å²) in [4.78, 5) is 0. The van der Waals surface area contributed by atoms with Crippen LogP contribution in [0, 0.1) is 0 Å². The number of rotatable bonds is 2. The highest BCUT2D eigenvalue weighted by atomic mass is 35.5. The summed E-state index contributed by atoms with van der Waals surface area (Å²) in [5.41, 5.74) is 0. The second-order valence-electron chi connectivity index (χ2n) is 1.57. The molecule has 0 saturated carbocycles. The van der Waals surface area contributed by atoms with Crippen LogP contribution in [0.1, 0.15) is 0 Å². The van der Waals surface area contributed by atoms with Crippen molar-refractivity contribution in [2.24, 2.45) is 0 Å². The predicted octanol–water partition coefficient (Wildman–Crippen LogP) is 3.28. The van der Waals surface area contributed by atoms with Crippen molar-refractivity contribution in [2.75, 3.05) is 0 Å². The van der Waals surface area contributed by atoms with Crippen molar-refractivity contribution in [3.05, 3.63) is 0 Å². The fraction of sp³-hybridized carbons (Fsp3) is 1.00. The topological polar surface area (TPSA) is 0 Å². The molecule has 0 nitrogen and oxygen atoms in total. The molecule has 0 N–H and O–H groups in total. The minimum Gasteiger partial charge on any atom is -0.190 e. The third kappa shape index (κ3) is 2.05. The van der Waals surface area contributed by atoms with Gasteiger partial charge in [-0.1, -0.05) is 0 Å². The Balaban J connectivity index is 4.75. The first kappa shape index (κ1) is 11.2. The third-order valence-electron chi connectivity index (χ3n) is 0.712. The normalized spacial score (nSPS) is 15.3. The highest BCUT2D eigenvalue weighted by Crippen LogP contribution is 2.49. The molecule has 0 heterocycles. The maximum Gasteiger partial charge on any atom is 0.401 e. The van der Waals surface area contributed by atoms with Gasteiger partial charge in [0.2, 0.25) is 0 Å². The molecule has 0 aromatic heterocycles. The van der Waals surface area contributed by atoms with Crippen LogP contribution in [0.4, 0.5) is 26.3 Å². The van der Waals surface area contributed by atoms with Crippen molar-refractivity contribution >= 4 is 23.2 Å². The fourth-order valence-electron chi connectivity index (χ4n) is 0.161. The van der Waals surface area contributed by atoms with Crippen molar-refractivity contribution in [1.82, 2.24) is 0 Å². The Bertz CT molecular complexity index is 127. The van der Waals surface area contributed by atoms with Gasteiger partial charge in [0, 0.05) is 0 Å². The lowest BCUT2D eigenvalue weighted by Gasteiger charge is -2.24. The molecule has 0 unspecified atom stereocenters. The summed E-state index contributed by atoms with van der Waals surface area (Å²) in [6.07, 6.45) is 0. The second kappa shape index (κ2) is 2.58. The molecule has 0 radical (unpaired) electrons. The Morgan fingerprint density at radius 2 is 0.818 bits per heavy atom. The monoisotopic (exact) mass is 220 g/mol. The van der Waals surface area contributed by atoms with E-state index < -0.39 is 16.7 Å². The van der Waals surface area contributed by atoms with Gasteiger partial charge < -0.3 is 0 Å². The molecule has 0 saturated heterocycles. The Labute approximate surface area is 67.1 Å². The minimum atomic E-state index is -5.76. The van der Waals surface area contributed by atoms with Crippen molar-refractivity contribution in [1.29, 1.82) is 0 Å². The van der Waals surface area contributed by atoms with Crippen LogP contribution in [0.3, 0.4) is 0 Å². The van der Waals surface area contributed by atoms with Crippen LogP contribution in [0.25, 0.3) is 0 Å². The van der Waals surface area contributed by atoms with E-state index in [0.29, 0.717) is 0 Å². The molecule has 0 aliphatic rings. The van der Waals surface area contributed by atoms with Gasteiger partial charge in [-0.15, -0.1) is 0 Å². The van der Waals surface area contributed by atoms with Crippen molar-refractivity contribution in [2.45, 2.75) is 16.7 Å². The van der Waals surface area contributed by atoms with Gasteiger partial charge in [0.05, 0.1) is 0 Å². The lowest BCUT2D eigenvalue weighted by molar-refractivity contribution is -0.244. The molecule has 0 aliphatic carbocycles. The predicted molar refractivity (Wildman–Crippen MR) is 26.5 cm³/mol. The van der Waals surface area contributed by atoms with Gasteiger partial charge in [-0.2, -0.15) is 26.3 Å². The first-order valence-corrected chi connectivity index (χ1v) is 2.77. The molecule has 0 aromatic rings. The van der Waals surface area contributed by atoms with Crippen LogP contribution in [0.2, 0.25) is 0 Å². The molecule has 0 bridgehead atoms. The third-order valence-corrected chi connectivity index (χ3v) is 1.19. The zero-order valence-electron chi connectivity index (χ0n) is 4.52. The summed E-state index contributed by atoms with van der Waals surface area (Å²) in [5, 5.41) is -10.7. The SMILES string of the molecule is FC(F)(Cl)C(F)(F)C(F)(F)Cl. The molecular formula is C3Cl2F6. The molecule has 0 rings (SSSR count). The van der Waals surface area contributed by atoms with Gasteiger partial charge in [-0.05, 0) is 23.2 Å². The van der Waals surface area contributed by atoms with Crippen LogP contribution in [-0.4, -0.2) is 16.7 Å². The van der Waals surface area contributed by atoms with E-state index in [1.165, 1.54) is 0 Å². The smallest absolute Gasteiger partial charge is 0.190 e. The van der Waals surface area contributed by atoms with Gasteiger partial charge in [0.1, 0.15) is 0 Å². The lowest BCUT2D eigenvalue weighted by atomic mass is 10.3. The summed E-state index contributed by atoms with van der Waals surface area (Å²) >= 11 is 7.32. The molecule has 0 aromatic carbocycles. The lowest BCUT2D eigenvalue weighted by Crippen LogP contribution is -2.48. The zero-order valence-corrected chi connectivity index (χ0v) is 6.04. The van der Waals surface area contributed by atoms with Gasteiger partial charge in [0.25, 0.3) is 0 Å². The molecule has 0 spiro atoms. The van der Waals surface area contributed by atoms with E-state index in [0.717, 1.165) is 0 Å². The van der Waals surface area contributed by atoms with E-state index in [2.05, 4.69) is 23.2 Å². The van der Waals surface area contributed by atoms with Gasteiger partial charge in [-0.25, -0.2) is 0 Å². The van der Waals surface area contributed by atoms with Crippen LogP contribution in [0.5, 0.6) is 0 Å². The largest absolute Gasteiger partial charge is 0.401 e. The molecule has 8 heteroatoms. The summed E-state index contributed by atoms with van der Waals surface area (Å²) < 4.78 is 69.1. The Morgan fingerprint density at radius 3 is 0.818 bits per heavy atom. The Kier molecular flexibility index (Phi) is 2.62. The quantitative estimate of drug-likeness (QED) is 0.495. The minimum absolute atomic E-state index is 3.66. The van der Waals surface area contributed by atoms with Crippen LogP contribution in [0.15, 0.2) is 0 Å². The Hall–Kier alpha value is 0.160. The van der Waals surface area contributed by atoms with Gasteiger partial charge >= 0.3 is 16.7 Å². The van der Waals surface area contributed by atoms with Crippen molar-refractivity contribution in [3.63, 3.8) is 0 Å². The van der Waals surface area contributed by atoms with Crippen molar-refractivity contribution in [3.8, 4) is 0 Å². The first-order valence-electron chi connectivity index (χ1n) is 2.01. The fourth-order valence-corrected chi connectivity index (χ4v) is 0.446. The first-order chi connectivity index (χ1) is 4.50. The molecule has 0 atom stereocenters.